The van der Waals surface area contributed by atoms with Gasteiger partial charge in [0.15, 0.2) is 10.6 Å². The Hall–Kier alpha value is -1.62. The molecule has 0 bridgehead atoms. The van der Waals surface area contributed by atoms with Gasteiger partial charge in [0.1, 0.15) is 12.4 Å². The maximum Gasteiger partial charge on any atom is 0.195 e. The lowest BCUT2D eigenvalue weighted by Crippen LogP contribution is -2.09. The first-order valence-electron chi connectivity index (χ1n) is 5.94. The molecule has 18 heavy (non-hydrogen) atoms. The lowest BCUT2D eigenvalue weighted by atomic mass is 10.2. The Bertz CT molecular complexity index is 586. The van der Waals surface area contributed by atoms with Crippen LogP contribution in [0.5, 0.6) is 5.75 Å². The number of nitrogens with zero attached hydrogens (tertiary/aromatic N) is 2. The van der Waals surface area contributed by atoms with Crippen LogP contribution in [0.15, 0.2) is 24.3 Å². The fourth-order valence-electron chi connectivity index (χ4n) is 1.83. The van der Waals surface area contributed by atoms with Crippen molar-refractivity contribution in [2.75, 3.05) is 0 Å². The number of benzene rings is 1. The second-order valence-corrected chi connectivity index (χ2v) is 4.85. The third-order valence-electron chi connectivity index (χ3n) is 2.74. The van der Waals surface area contributed by atoms with Crippen LogP contribution in [-0.4, -0.2) is 14.8 Å². The Morgan fingerprint density at radius 3 is 2.78 bits per heavy atom. The first-order valence-corrected chi connectivity index (χ1v) is 6.34. The van der Waals surface area contributed by atoms with Crippen LogP contribution in [0.25, 0.3) is 0 Å². The van der Waals surface area contributed by atoms with Gasteiger partial charge in [0.05, 0.1) is 0 Å². The quantitative estimate of drug-likeness (QED) is 0.860. The fourth-order valence-corrected chi connectivity index (χ4v) is 2.19. The van der Waals surface area contributed by atoms with E-state index in [-0.39, 0.29) is 6.04 Å². The van der Waals surface area contributed by atoms with Crippen LogP contribution >= 0.6 is 12.2 Å². The molecule has 0 atom stereocenters. The number of rotatable bonds is 4. The highest BCUT2D eigenvalue weighted by atomic mass is 32.1. The summed E-state index contributed by atoms with van der Waals surface area (Å²) < 4.78 is 8.38. The van der Waals surface area contributed by atoms with Crippen molar-refractivity contribution >= 4 is 12.2 Å². The maximum atomic E-state index is 5.78. The van der Waals surface area contributed by atoms with Crippen molar-refractivity contribution in [2.24, 2.45) is 0 Å². The predicted octanol–water partition coefficient (Wildman–Crippen LogP) is 3.41. The molecular weight excluding hydrogens is 246 g/mol. The predicted molar refractivity (Wildman–Crippen MR) is 73.3 cm³/mol. The van der Waals surface area contributed by atoms with Crippen molar-refractivity contribution in [1.29, 1.82) is 0 Å². The number of aryl methyl sites for hydroxylation is 1. The summed E-state index contributed by atoms with van der Waals surface area (Å²) in [6, 6.07) is 8.20. The Kier molecular flexibility index (Phi) is 3.81. The first-order chi connectivity index (χ1) is 8.59. The van der Waals surface area contributed by atoms with Crippen molar-refractivity contribution in [3.63, 3.8) is 0 Å². The summed E-state index contributed by atoms with van der Waals surface area (Å²) in [5.41, 5.74) is 1.11. The first kappa shape index (κ1) is 12.8. The van der Waals surface area contributed by atoms with Gasteiger partial charge in [-0.3, -0.25) is 9.67 Å². The number of para-hydroxylation sites is 1. The highest BCUT2D eigenvalue weighted by molar-refractivity contribution is 7.71. The van der Waals surface area contributed by atoms with Crippen LogP contribution in [0.3, 0.4) is 0 Å². The van der Waals surface area contributed by atoms with Gasteiger partial charge in [-0.05, 0) is 44.6 Å². The lowest BCUT2D eigenvalue weighted by Gasteiger charge is -2.12. The average Bonchev–Trinajstić information content (AvgIpc) is 2.69. The number of hydrogen-bond donors (Lipinski definition) is 1. The minimum Gasteiger partial charge on any atom is -0.485 e. The second kappa shape index (κ2) is 5.35. The molecule has 0 aliphatic carbocycles. The summed E-state index contributed by atoms with van der Waals surface area (Å²) in [5.74, 6) is 1.69. The third-order valence-corrected chi connectivity index (χ3v) is 3.03. The molecule has 5 heteroatoms. The molecule has 4 nitrogen and oxygen atoms in total. The van der Waals surface area contributed by atoms with E-state index < -0.39 is 0 Å². The Balaban J connectivity index is 2.16. The van der Waals surface area contributed by atoms with Crippen molar-refractivity contribution in [2.45, 2.75) is 33.4 Å². The Labute approximate surface area is 112 Å². The molecule has 0 radical (unpaired) electrons. The molecule has 0 aliphatic rings. The fraction of sp³-hybridized carbons (Fsp3) is 0.385. The molecule has 1 aromatic heterocycles. The normalized spacial score (nSPS) is 10.9. The molecule has 1 aromatic carbocycles. The van der Waals surface area contributed by atoms with E-state index in [2.05, 4.69) is 24.0 Å². The SMILES string of the molecule is Cc1ccccc1OCc1n[nH]c(=S)n1C(C)C. The third kappa shape index (κ3) is 2.61. The summed E-state index contributed by atoms with van der Waals surface area (Å²) in [6.07, 6.45) is 0. The highest BCUT2D eigenvalue weighted by Crippen LogP contribution is 2.18. The topological polar surface area (TPSA) is 42.8 Å². The van der Waals surface area contributed by atoms with Gasteiger partial charge < -0.3 is 4.74 Å². The van der Waals surface area contributed by atoms with E-state index in [9.17, 15) is 0 Å². The minimum absolute atomic E-state index is 0.270. The monoisotopic (exact) mass is 263 g/mol. The minimum atomic E-state index is 0.270. The second-order valence-electron chi connectivity index (χ2n) is 4.46. The maximum absolute atomic E-state index is 5.78. The van der Waals surface area contributed by atoms with E-state index in [0.29, 0.717) is 11.4 Å². The van der Waals surface area contributed by atoms with Crippen LogP contribution in [0.4, 0.5) is 0 Å². The van der Waals surface area contributed by atoms with Crippen LogP contribution < -0.4 is 4.74 Å². The van der Waals surface area contributed by atoms with Gasteiger partial charge in [0, 0.05) is 6.04 Å². The molecule has 1 heterocycles. The van der Waals surface area contributed by atoms with Gasteiger partial charge >= 0.3 is 0 Å². The van der Waals surface area contributed by atoms with Gasteiger partial charge in [-0.2, -0.15) is 5.10 Å². The number of nitrogens with one attached hydrogen (secondary N) is 1. The molecule has 2 aromatic rings. The van der Waals surface area contributed by atoms with E-state index in [4.69, 9.17) is 17.0 Å². The smallest absolute Gasteiger partial charge is 0.195 e. The zero-order chi connectivity index (χ0) is 13.1. The number of hydrogen-bond acceptors (Lipinski definition) is 3. The van der Waals surface area contributed by atoms with Gasteiger partial charge in [-0.1, -0.05) is 18.2 Å². The van der Waals surface area contributed by atoms with Gasteiger partial charge in [-0.25, -0.2) is 0 Å². The lowest BCUT2D eigenvalue weighted by molar-refractivity contribution is 0.284. The Morgan fingerprint density at radius 2 is 2.11 bits per heavy atom. The summed E-state index contributed by atoms with van der Waals surface area (Å²) in [6.45, 7) is 6.58. The Morgan fingerprint density at radius 1 is 1.39 bits per heavy atom. The van der Waals surface area contributed by atoms with Crippen LogP contribution in [0.2, 0.25) is 0 Å². The average molecular weight is 263 g/mol. The molecule has 0 unspecified atom stereocenters. The van der Waals surface area contributed by atoms with E-state index in [1.807, 2.05) is 35.8 Å². The van der Waals surface area contributed by atoms with Crippen molar-refractivity contribution in [3.8, 4) is 5.75 Å². The van der Waals surface area contributed by atoms with Gasteiger partial charge in [0.25, 0.3) is 0 Å². The van der Waals surface area contributed by atoms with Crippen LogP contribution in [0, 0.1) is 11.7 Å². The van der Waals surface area contributed by atoms with E-state index in [0.717, 1.165) is 17.1 Å². The standard InChI is InChI=1S/C13H17N3OS/c1-9(2)16-12(14-15-13(16)18)8-17-11-7-5-4-6-10(11)3/h4-7,9H,8H2,1-3H3,(H,15,18). The number of aromatic nitrogens is 3. The molecule has 96 valence electrons. The summed E-state index contributed by atoms with van der Waals surface area (Å²) in [4.78, 5) is 0. The molecule has 1 N–H and O–H groups in total. The molecule has 0 saturated heterocycles. The van der Waals surface area contributed by atoms with E-state index in [1.165, 1.54) is 0 Å². The molecule has 2 rings (SSSR count). The molecule has 0 saturated carbocycles. The number of aromatic amines is 1. The largest absolute Gasteiger partial charge is 0.485 e. The molecule has 0 spiro atoms. The molecule has 0 fully saturated rings. The molecule has 0 amide bonds. The number of H-pyrrole nitrogens is 1. The molecule has 0 aliphatic heterocycles. The van der Waals surface area contributed by atoms with Gasteiger partial charge in [-0.15, -0.1) is 0 Å². The highest BCUT2D eigenvalue weighted by Gasteiger charge is 2.10. The zero-order valence-corrected chi connectivity index (χ0v) is 11.6. The van der Waals surface area contributed by atoms with Crippen LogP contribution in [0.1, 0.15) is 31.3 Å². The van der Waals surface area contributed by atoms with Crippen LogP contribution in [-0.2, 0) is 6.61 Å². The van der Waals surface area contributed by atoms with Gasteiger partial charge in [0.2, 0.25) is 0 Å². The van der Waals surface area contributed by atoms with E-state index >= 15 is 0 Å². The van der Waals surface area contributed by atoms with Crippen molar-refractivity contribution in [1.82, 2.24) is 14.8 Å². The zero-order valence-electron chi connectivity index (χ0n) is 10.8. The summed E-state index contributed by atoms with van der Waals surface area (Å²) >= 11 is 5.20. The summed E-state index contributed by atoms with van der Waals surface area (Å²) in [7, 11) is 0. The van der Waals surface area contributed by atoms with E-state index in [1.54, 1.807) is 0 Å². The van der Waals surface area contributed by atoms with Crippen molar-refractivity contribution < 1.29 is 4.74 Å². The summed E-state index contributed by atoms with van der Waals surface area (Å²) in [5, 5.41) is 7.01. The van der Waals surface area contributed by atoms with Crippen molar-refractivity contribution in [3.05, 3.63) is 40.4 Å². The number of ether oxygens (including phenoxy) is 1. The molecular formula is C13H17N3OS.